The van der Waals surface area contributed by atoms with E-state index in [-0.39, 0.29) is 17.9 Å². The maximum atomic E-state index is 12.6. The van der Waals surface area contributed by atoms with Gasteiger partial charge in [0.05, 0.1) is 18.2 Å². The van der Waals surface area contributed by atoms with E-state index in [1.54, 1.807) is 18.2 Å². The summed E-state index contributed by atoms with van der Waals surface area (Å²) >= 11 is 0. The molecule has 4 aromatic rings. The van der Waals surface area contributed by atoms with Gasteiger partial charge in [0, 0.05) is 32.7 Å². The summed E-state index contributed by atoms with van der Waals surface area (Å²) < 4.78 is 5.98. The zero-order valence-electron chi connectivity index (χ0n) is 20.7. The lowest BCUT2D eigenvalue weighted by Gasteiger charge is -2.39. The van der Waals surface area contributed by atoms with Crippen LogP contribution in [-0.2, 0) is 0 Å². The molecular formula is C28H31N7O2. The standard InChI is InChI=1S/C28H31N7O2/c36-27(29-28-30-32-33-31-28)24-14-7-8-15-25(24)37-21-9-16-34-17-19-35(20-18-34)26(22-10-3-1-4-11-22)23-12-5-2-6-13-23/h1-8,10-15,26H,9,16-21H2,(H2,29,30,31,32,33,36). The van der Waals surface area contributed by atoms with Crippen molar-refractivity contribution in [3.63, 3.8) is 0 Å². The molecule has 2 N–H and O–H groups in total. The lowest BCUT2D eigenvalue weighted by atomic mass is 9.96. The number of aromatic nitrogens is 4. The molecule has 9 heteroatoms. The lowest BCUT2D eigenvalue weighted by Crippen LogP contribution is -2.48. The normalized spacial score (nSPS) is 14.5. The van der Waals surface area contributed by atoms with Gasteiger partial charge in [-0.25, -0.2) is 0 Å². The number of ether oxygens (including phenoxy) is 1. The third-order valence-electron chi connectivity index (χ3n) is 6.58. The summed E-state index contributed by atoms with van der Waals surface area (Å²) in [6.45, 7) is 5.53. The zero-order valence-corrected chi connectivity index (χ0v) is 20.7. The van der Waals surface area contributed by atoms with Crippen LogP contribution >= 0.6 is 0 Å². The first-order valence-electron chi connectivity index (χ1n) is 12.6. The molecule has 37 heavy (non-hydrogen) atoms. The summed E-state index contributed by atoms with van der Waals surface area (Å²) in [6.07, 6.45) is 0.877. The largest absolute Gasteiger partial charge is 0.493 e. The topological polar surface area (TPSA) is 99.3 Å². The second-order valence-corrected chi connectivity index (χ2v) is 8.99. The summed E-state index contributed by atoms with van der Waals surface area (Å²) in [5, 5.41) is 15.9. The van der Waals surface area contributed by atoms with E-state index in [9.17, 15) is 4.79 Å². The first-order valence-corrected chi connectivity index (χ1v) is 12.6. The van der Waals surface area contributed by atoms with Crippen LogP contribution in [0.1, 0.15) is 33.9 Å². The molecule has 1 aliphatic heterocycles. The van der Waals surface area contributed by atoms with Gasteiger partial charge >= 0.3 is 0 Å². The lowest BCUT2D eigenvalue weighted by molar-refractivity contribution is 0.101. The second kappa shape index (κ2) is 12.2. The van der Waals surface area contributed by atoms with Crippen LogP contribution < -0.4 is 10.1 Å². The molecule has 0 spiro atoms. The molecule has 1 aliphatic rings. The van der Waals surface area contributed by atoms with E-state index in [0.717, 1.165) is 39.1 Å². The smallest absolute Gasteiger partial charge is 0.270 e. The number of amides is 1. The number of carbonyl (C=O) groups is 1. The molecule has 1 fully saturated rings. The first-order chi connectivity index (χ1) is 18.3. The van der Waals surface area contributed by atoms with Crippen molar-refractivity contribution in [1.29, 1.82) is 0 Å². The number of hydrogen-bond acceptors (Lipinski definition) is 7. The fraction of sp³-hybridized carbons (Fsp3) is 0.286. The number of carbonyl (C=O) groups excluding carboxylic acids is 1. The van der Waals surface area contributed by atoms with Gasteiger partial charge < -0.3 is 9.64 Å². The number of nitrogens with zero attached hydrogens (tertiary/aromatic N) is 5. The highest BCUT2D eigenvalue weighted by Gasteiger charge is 2.26. The van der Waals surface area contributed by atoms with Crippen LogP contribution in [0, 0.1) is 0 Å². The predicted molar refractivity (Wildman–Crippen MR) is 141 cm³/mol. The van der Waals surface area contributed by atoms with Crippen molar-refractivity contribution in [1.82, 2.24) is 30.4 Å². The van der Waals surface area contributed by atoms with Gasteiger partial charge in [-0.15, -0.1) is 5.10 Å². The van der Waals surface area contributed by atoms with Crippen molar-refractivity contribution in [3.8, 4) is 5.75 Å². The molecule has 2 heterocycles. The molecule has 3 aromatic carbocycles. The Hall–Kier alpha value is -4.08. The average Bonchev–Trinajstić information content (AvgIpc) is 3.46. The predicted octanol–water partition coefficient (Wildman–Crippen LogP) is 3.63. The second-order valence-electron chi connectivity index (χ2n) is 8.99. The maximum absolute atomic E-state index is 12.6. The van der Waals surface area contributed by atoms with Crippen molar-refractivity contribution in [2.75, 3.05) is 44.6 Å². The molecule has 0 saturated carbocycles. The van der Waals surface area contributed by atoms with E-state index in [4.69, 9.17) is 4.74 Å². The van der Waals surface area contributed by atoms with E-state index in [1.807, 2.05) is 6.07 Å². The Bertz CT molecular complexity index is 1200. The minimum absolute atomic E-state index is 0.126. The summed E-state index contributed by atoms with van der Waals surface area (Å²) in [5.41, 5.74) is 3.10. The molecule has 190 valence electrons. The van der Waals surface area contributed by atoms with Gasteiger partial charge in [0.1, 0.15) is 5.75 Å². The Morgan fingerprint density at radius 2 is 1.54 bits per heavy atom. The van der Waals surface area contributed by atoms with Crippen molar-refractivity contribution >= 4 is 11.9 Å². The molecule has 0 bridgehead atoms. The van der Waals surface area contributed by atoms with E-state index in [2.05, 4.69) is 96.4 Å². The van der Waals surface area contributed by atoms with E-state index < -0.39 is 0 Å². The minimum atomic E-state index is -0.334. The monoisotopic (exact) mass is 497 g/mol. The molecule has 0 unspecified atom stereocenters. The number of tetrazole rings is 1. The molecular weight excluding hydrogens is 466 g/mol. The number of aromatic amines is 1. The third kappa shape index (κ3) is 6.38. The SMILES string of the molecule is O=C(Nc1nn[nH]n1)c1ccccc1OCCCN1CCN(C(c2ccccc2)c2ccccc2)CC1. The number of anilines is 1. The fourth-order valence-corrected chi connectivity index (χ4v) is 4.76. The Kier molecular flexibility index (Phi) is 8.14. The van der Waals surface area contributed by atoms with Gasteiger partial charge in [-0.1, -0.05) is 77.9 Å². The number of H-pyrrole nitrogens is 1. The van der Waals surface area contributed by atoms with Gasteiger partial charge in [0.2, 0.25) is 0 Å². The average molecular weight is 498 g/mol. The number of benzene rings is 3. The molecule has 9 nitrogen and oxygen atoms in total. The van der Waals surface area contributed by atoms with Crippen LogP contribution in [-0.4, -0.2) is 75.7 Å². The van der Waals surface area contributed by atoms with Crippen molar-refractivity contribution in [2.45, 2.75) is 12.5 Å². The number of nitrogens with one attached hydrogen (secondary N) is 2. The highest BCUT2D eigenvalue weighted by Crippen LogP contribution is 2.29. The molecule has 0 radical (unpaired) electrons. The van der Waals surface area contributed by atoms with E-state index in [0.29, 0.717) is 17.9 Å². The Labute approximate surface area is 216 Å². The molecule has 1 amide bonds. The van der Waals surface area contributed by atoms with Crippen molar-refractivity contribution in [2.24, 2.45) is 0 Å². The van der Waals surface area contributed by atoms with Crippen LogP contribution in [0.2, 0.25) is 0 Å². The summed E-state index contributed by atoms with van der Waals surface area (Å²) in [5.74, 6) is 0.335. The van der Waals surface area contributed by atoms with Gasteiger partial charge in [0.25, 0.3) is 11.9 Å². The Balaban J connectivity index is 1.11. The van der Waals surface area contributed by atoms with Gasteiger partial charge in [-0.3, -0.25) is 15.0 Å². The van der Waals surface area contributed by atoms with Gasteiger partial charge in [-0.2, -0.15) is 5.21 Å². The zero-order chi connectivity index (χ0) is 25.3. The first kappa shape index (κ1) is 24.6. The minimum Gasteiger partial charge on any atom is -0.493 e. The summed E-state index contributed by atoms with van der Waals surface area (Å²) in [4.78, 5) is 17.6. The molecule has 5 rings (SSSR count). The molecule has 0 aliphatic carbocycles. The van der Waals surface area contributed by atoms with Crippen LogP contribution in [0.25, 0.3) is 0 Å². The highest BCUT2D eigenvalue weighted by atomic mass is 16.5. The fourth-order valence-electron chi connectivity index (χ4n) is 4.76. The number of rotatable bonds is 10. The highest BCUT2D eigenvalue weighted by molar-refractivity contribution is 6.05. The number of para-hydroxylation sites is 1. The quantitative estimate of drug-likeness (QED) is 0.323. The number of hydrogen-bond donors (Lipinski definition) is 2. The van der Waals surface area contributed by atoms with Crippen LogP contribution in [0.3, 0.4) is 0 Å². The van der Waals surface area contributed by atoms with Gasteiger partial charge in [0.15, 0.2) is 0 Å². The van der Waals surface area contributed by atoms with Crippen LogP contribution in [0.4, 0.5) is 5.95 Å². The van der Waals surface area contributed by atoms with Crippen molar-refractivity contribution in [3.05, 3.63) is 102 Å². The molecule has 1 saturated heterocycles. The van der Waals surface area contributed by atoms with Crippen LogP contribution in [0.15, 0.2) is 84.9 Å². The Morgan fingerprint density at radius 1 is 0.892 bits per heavy atom. The number of piperazine rings is 1. The third-order valence-corrected chi connectivity index (χ3v) is 6.58. The van der Waals surface area contributed by atoms with Crippen LogP contribution in [0.5, 0.6) is 5.75 Å². The summed E-state index contributed by atoms with van der Waals surface area (Å²) in [7, 11) is 0. The van der Waals surface area contributed by atoms with Gasteiger partial charge in [-0.05, 0) is 34.9 Å². The molecule has 0 atom stereocenters. The van der Waals surface area contributed by atoms with E-state index >= 15 is 0 Å². The Morgan fingerprint density at radius 3 is 2.19 bits per heavy atom. The maximum Gasteiger partial charge on any atom is 0.270 e. The van der Waals surface area contributed by atoms with E-state index in [1.165, 1.54) is 11.1 Å². The summed E-state index contributed by atoms with van der Waals surface area (Å²) in [6, 6.07) is 29.0. The molecule has 1 aromatic heterocycles. The van der Waals surface area contributed by atoms with Crippen molar-refractivity contribution < 1.29 is 9.53 Å².